The molecule has 0 atom stereocenters. The van der Waals surface area contributed by atoms with E-state index in [1.807, 2.05) is 19.1 Å². The van der Waals surface area contributed by atoms with Crippen LogP contribution in [0.2, 0.25) is 15.1 Å². The summed E-state index contributed by atoms with van der Waals surface area (Å²) in [6.45, 7) is 2.16. The standard InChI is InChI=1S/C26H19Cl3N2O4/c1-2-15-3-7-19(8-4-15)31-25(33)20(24(32)30-26(31)34)13-17-12-18(27)6-10-23(17)35-14-16-5-9-21(28)22(29)11-16/h3-13H,2,14H2,1H3,(H,30,32,34)/b20-13+. The van der Waals surface area contributed by atoms with Crippen LogP contribution in [0, 0.1) is 0 Å². The Balaban J connectivity index is 1.65. The lowest BCUT2D eigenvalue weighted by Crippen LogP contribution is -2.54. The molecule has 0 radical (unpaired) electrons. The highest BCUT2D eigenvalue weighted by atomic mass is 35.5. The van der Waals surface area contributed by atoms with Gasteiger partial charge in [-0.2, -0.15) is 0 Å². The van der Waals surface area contributed by atoms with Crippen LogP contribution >= 0.6 is 34.8 Å². The number of urea groups is 1. The number of hydrogen-bond acceptors (Lipinski definition) is 4. The van der Waals surface area contributed by atoms with E-state index in [0.717, 1.165) is 22.4 Å². The molecular formula is C26H19Cl3N2O4. The minimum Gasteiger partial charge on any atom is -0.488 e. The van der Waals surface area contributed by atoms with Gasteiger partial charge in [-0.05, 0) is 66.1 Å². The van der Waals surface area contributed by atoms with Crippen LogP contribution in [0.5, 0.6) is 5.75 Å². The Morgan fingerprint density at radius 3 is 2.29 bits per heavy atom. The van der Waals surface area contributed by atoms with Gasteiger partial charge in [0, 0.05) is 10.6 Å². The van der Waals surface area contributed by atoms with Crippen LogP contribution in [0.15, 0.2) is 66.2 Å². The molecular weight excluding hydrogens is 511 g/mol. The lowest BCUT2D eigenvalue weighted by molar-refractivity contribution is -0.122. The van der Waals surface area contributed by atoms with Crippen LogP contribution in [0.4, 0.5) is 10.5 Å². The fourth-order valence-corrected chi connectivity index (χ4v) is 3.98. The number of nitrogens with zero attached hydrogens (tertiary/aromatic N) is 1. The number of rotatable bonds is 6. The SMILES string of the molecule is CCc1ccc(N2C(=O)NC(=O)/C(=C\c3cc(Cl)ccc3OCc3ccc(Cl)c(Cl)c3)C2=O)cc1. The highest BCUT2D eigenvalue weighted by molar-refractivity contribution is 6.42. The van der Waals surface area contributed by atoms with E-state index in [1.54, 1.807) is 48.5 Å². The zero-order chi connectivity index (χ0) is 25.1. The predicted octanol–water partition coefficient (Wildman–Crippen LogP) is 6.45. The van der Waals surface area contributed by atoms with E-state index in [4.69, 9.17) is 39.5 Å². The fraction of sp³-hybridized carbons (Fsp3) is 0.115. The molecule has 4 rings (SSSR count). The molecule has 0 spiro atoms. The maximum atomic E-state index is 13.2. The van der Waals surface area contributed by atoms with Gasteiger partial charge in [-0.1, -0.05) is 59.9 Å². The molecule has 178 valence electrons. The summed E-state index contributed by atoms with van der Waals surface area (Å²) < 4.78 is 5.91. The van der Waals surface area contributed by atoms with Crippen molar-refractivity contribution >= 4 is 64.4 Å². The van der Waals surface area contributed by atoms with Gasteiger partial charge in [-0.15, -0.1) is 0 Å². The first-order valence-corrected chi connectivity index (χ1v) is 11.8. The lowest BCUT2D eigenvalue weighted by atomic mass is 10.1. The number of halogens is 3. The summed E-state index contributed by atoms with van der Waals surface area (Å²) in [5.41, 5.74) is 2.34. The van der Waals surface area contributed by atoms with Gasteiger partial charge in [0.1, 0.15) is 17.9 Å². The number of barbiturate groups is 1. The molecule has 1 heterocycles. The molecule has 1 aliphatic heterocycles. The van der Waals surface area contributed by atoms with Crippen LogP contribution in [0.3, 0.4) is 0 Å². The van der Waals surface area contributed by atoms with Crippen molar-refractivity contribution < 1.29 is 19.1 Å². The first-order valence-electron chi connectivity index (χ1n) is 10.6. The largest absolute Gasteiger partial charge is 0.488 e. The summed E-state index contributed by atoms with van der Waals surface area (Å²) in [7, 11) is 0. The zero-order valence-corrected chi connectivity index (χ0v) is 20.7. The second kappa shape index (κ2) is 10.5. The summed E-state index contributed by atoms with van der Waals surface area (Å²) in [6, 6.07) is 16.1. The average Bonchev–Trinajstić information content (AvgIpc) is 2.83. The van der Waals surface area contributed by atoms with Gasteiger partial charge in [-0.25, -0.2) is 9.69 Å². The first kappa shape index (κ1) is 24.8. The summed E-state index contributed by atoms with van der Waals surface area (Å²) in [6.07, 6.45) is 2.16. The van der Waals surface area contributed by atoms with Gasteiger partial charge >= 0.3 is 6.03 Å². The highest BCUT2D eigenvalue weighted by Gasteiger charge is 2.37. The van der Waals surface area contributed by atoms with E-state index in [9.17, 15) is 14.4 Å². The molecule has 0 saturated carbocycles. The Labute approximate surface area is 217 Å². The molecule has 0 unspecified atom stereocenters. The number of aryl methyl sites for hydroxylation is 1. The van der Waals surface area contributed by atoms with E-state index in [2.05, 4.69) is 5.32 Å². The monoisotopic (exact) mass is 528 g/mol. The molecule has 1 fully saturated rings. The number of carbonyl (C=O) groups is 3. The predicted molar refractivity (Wildman–Crippen MR) is 137 cm³/mol. The number of nitrogens with one attached hydrogen (secondary N) is 1. The number of hydrogen-bond donors (Lipinski definition) is 1. The third kappa shape index (κ3) is 5.51. The van der Waals surface area contributed by atoms with Crippen molar-refractivity contribution in [2.75, 3.05) is 4.90 Å². The Morgan fingerprint density at radius 2 is 1.60 bits per heavy atom. The van der Waals surface area contributed by atoms with E-state index in [-0.39, 0.29) is 12.2 Å². The van der Waals surface area contributed by atoms with Crippen molar-refractivity contribution in [3.63, 3.8) is 0 Å². The molecule has 9 heteroatoms. The molecule has 0 bridgehead atoms. The van der Waals surface area contributed by atoms with Crippen LogP contribution in [-0.2, 0) is 22.6 Å². The molecule has 3 aromatic carbocycles. The second-order valence-electron chi connectivity index (χ2n) is 7.70. The Bertz CT molecular complexity index is 1350. The van der Waals surface area contributed by atoms with Crippen molar-refractivity contribution in [2.45, 2.75) is 20.0 Å². The van der Waals surface area contributed by atoms with Crippen LogP contribution in [0.1, 0.15) is 23.6 Å². The van der Waals surface area contributed by atoms with Gasteiger partial charge in [-0.3, -0.25) is 14.9 Å². The summed E-state index contributed by atoms with van der Waals surface area (Å²) >= 11 is 18.2. The minimum absolute atomic E-state index is 0.156. The first-order chi connectivity index (χ1) is 16.8. The Hall–Kier alpha value is -3.32. The number of ether oxygens (including phenoxy) is 1. The second-order valence-corrected chi connectivity index (χ2v) is 8.95. The van der Waals surface area contributed by atoms with Crippen LogP contribution in [-0.4, -0.2) is 17.8 Å². The normalized spacial score (nSPS) is 14.9. The Kier molecular flexibility index (Phi) is 7.45. The van der Waals surface area contributed by atoms with Gasteiger partial charge in [0.15, 0.2) is 0 Å². The van der Waals surface area contributed by atoms with Crippen LogP contribution < -0.4 is 15.0 Å². The number of carbonyl (C=O) groups excluding carboxylic acids is 3. The molecule has 6 nitrogen and oxygen atoms in total. The van der Waals surface area contributed by atoms with Gasteiger partial charge in [0.25, 0.3) is 11.8 Å². The summed E-state index contributed by atoms with van der Waals surface area (Å²) in [5, 5.41) is 3.42. The van der Waals surface area contributed by atoms with Crippen molar-refractivity contribution in [3.05, 3.63) is 98.0 Å². The number of amides is 4. The smallest absolute Gasteiger partial charge is 0.335 e. The van der Waals surface area contributed by atoms with Crippen molar-refractivity contribution in [2.24, 2.45) is 0 Å². The quantitative estimate of drug-likeness (QED) is 0.294. The minimum atomic E-state index is -0.816. The van der Waals surface area contributed by atoms with Crippen molar-refractivity contribution in [1.82, 2.24) is 5.32 Å². The molecule has 0 aromatic heterocycles. The van der Waals surface area contributed by atoms with Gasteiger partial charge < -0.3 is 4.74 Å². The molecule has 1 saturated heterocycles. The zero-order valence-electron chi connectivity index (χ0n) is 18.5. The van der Waals surface area contributed by atoms with Gasteiger partial charge in [0.05, 0.1) is 15.7 Å². The topological polar surface area (TPSA) is 75.7 Å². The fourth-order valence-electron chi connectivity index (χ4n) is 3.48. The number of benzene rings is 3. The lowest BCUT2D eigenvalue weighted by Gasteiger charge is -2.26. The maximum Gasteiger partial charge on any atom is 0.335 e. The number of anilines is 1. The maximum absolute atomic E-state index is 13.2. The van der Waals surface area contributed by atoms with Gasteiger partial charge in [0.2, 0.25) is 0 Å². The van der Waals surface area contributed by atoms with E-state index in [1.165, 1.54) is 6.08 Å². The highest BCUT2D eigenvalue weighted by Crippen LogP contribution is 2.29. The molecule has 0 aliphatic carbocycles. The van der Waals surface area contributed by atoms with E-state index in [0.29, 0.717) is 32.1 Å². The third-order valence-electron chi connectivity index (χ3n) is 5.35. The average molecular weight is 530 g/mol. The Morgan fingerprint density at radius 1 is 0.886 bits per heavy atom. The summed E-state index contributed by atoms with van der Waals surface area (Å²) in [4.78, 5) is 39.2. The van der Waals surface area contributed by atoms with Crippen molar-refractivity contribution in [3.8, 4) is 5.75 Å². The number of imide groups is 2. The molecule has 4 amide bonds. The van der Waals surface area contributed by atoms with E-state index >= 15 is 0 Å². The van der Waals surface area contributed by atoms with Crippen molar-refractivity contribution in [1.29, 1.82) is 0 Å². The molecule has 1 aliphatic rings. The molecule has 1 N–H and O–H groups in total. The summed E-state index contributed by atoms with van der Waals surface area (Å²) in [5.74, 6) is -1.18. The molecule has 35 heavy (non-hydrogen) atoms. The molecule has 3 aromatic rings. The van der Waals surface area contributed by atoms with Crippen LogP contribution in [0.25, 0.3) is 6.08 Å². The van der Waals surface area contributed by atoms with E-state index < -0.39 is 17.8 Å². The third-order valence-corrected chi connectivity index (χ3v) is 6.33.